The minimum atomic E-state index is -0.0655. The molecule has 0 radical (unpaired) electrons. The SMILES string of the molecule is COc1cc(-c2ccc3c(c2)CN(c2ccn(CN)n2)C3=O)cnc1OC. The van der Waals surface area contributed by atoms with Gasteiger partial charge >= 0.3 is 0 Å². The summed E-state index contributed by atoms with van der Waals surface area (Å²) in [4.78, 5) is 18.6. The largest absolute Gasteiger partial charge is 0.491 e. The number of carbonyl (C=O) groups excluding carboxylic acids is 1. The predicted octanol–water partition coefficient (Wildman–Crippen LogP) is 2.04. The van der Waals surface area contributed by atoms with Gasteiger partial charge in [-0.3, -0.25) is 14.4 Å². The van der Waals surface area contributed by atoms with Gasteiger partial charge in [-0.25, -0.2) is 4.98 Å². The second-order valence-corrected chi connectivity index (χ2v) is 6.09. The second kappa shape index (κ2) is 6.73. The summed E-state index contributed by atoms with van der Waals surface area (Å²) in [6.45, 7) is 0.732. The van der Waals surface area contributed by atoms with Gasteiger partial charge in [-0.05, 0) is 29.3 Å². The minimum Gasteiger partial charge on any atom is -0.491 e. The standard InChI is InChI=1S/C19H19N5O3/c1-26-16-8-13(9-21-18(16)27-2)12-3-4-15-14(7-12)10-24(19(15)25)17-5-6-23(11-20)22-17/h3-9H,10-11,20H2,1-2H3. The first-order chi connectivity index (χ1) is 13.1. The van der Waals surface area contributed by atoms with Crippen LogP contribution in [0.3, 0.4) is 0 Å². The quantitative estimate of drug-likeness (QED) is 0.743. The van der Waals surface area contributed by atoms with Crippen LogP contribution < -0.4 is 20.1 Å². The first kappa shape index (κ1) is 17.0. The Morgan fingerprint density at radius 2 is 2.00 bits per heavy atom. The Hall–Kier alpha value is -3.39. The molecule has 0 saturated carbocycles. The molecule has 4 rings (SSSR count). The van der Waals surface area contributed by atoms with Gasteiger partial charge in [0.25, 0.3) is 11.8 Å². The van der Waals surface area contributed by atoms with Gasteiger partial charge in [0.1, 0.15) is 0 Å². The van der Waals surface area contributed by atoms with Crippen LogP contribution in [0.4, 0.5) is 5.82 Å². The molecule has 138 valence electrons. The average molecular weight is 365 g/mol. The number of methoxy groups -OCH3 is 2. The predicted molar refractivity (Wildman–Crippen MR) is 99.7 cm³/mol. The number of nitrogens with zero attached hydrogens (tertiary/aromatic N) is 4. The van der Waals surface area contributed by atoms with Gasteiger partial charge < -0.3 is 15.2 Å². The van der Waals surface area contributed by atoms with Crippen LogP contribution in [0, 0.1) is 0 Å². The van der Waals surface area contributed by atoms with E-state index in [1.165, 1.54) is 0 Å². The zero-order chi connectivity index (χ0) is 19.0. The fraction of sp³-hybridized carbons (Fsp3) is 0.211. The number of anilines is 1. The number of fused-ring (bicyclic) bond motifs is 1. The molecule has 0 atom stereocenters. The van der Waals surface area contributed by atoms with Crippen LogP contribution in [-0.2, 0) is 13.2 Å². The normalized spacial score (nSPS) is 13.0. The van der Waals surface area contributed by atoms with E-state index < -0.39 is 0 Å². The van der Waals surface area contributed by atoms with Crippen molar-refractivity contribution in [3.63, 3.8) is 0 Å². The molecule has 0 aliphatic carbocycles. The molecule has 0 bridgehead atoms. The topological polar surface area (TPSA) is 95.5 Å². The zero-order valence-electron chi connectivity index (χ0n) is 15.0. The summed E-state index contributed by atoms with van der Waals surface area (Å²) in [5.74, 6) is 1.51. The number of benzene rings is 1. The third-order valence-electron chi connectivity index (χ3n) is 4.56. The van der Waals surface area contributed by atoms with Gasteiger partial charge in [0.15, 0.2) is 11.6 Å². The number of rotatable bonds is 5. The lowest BCUT2D eigenvalue weighted by atomic mass is 10.0. The highest BCUT2D eigenvalue weighted by molar-refractivity contribution is 6.09. The van der Waals surface area contributed by atoms with Gasteiger partial charge in [-0.15, -0.1) is 0 Å². The van der Waals surface area contributed by atoms with E-state index in [0.29, 0.717) is 29.6 Å². The van der Waals surface area contributed by atoms with E-state index in [9.17, 15) is 4.79 Å². The van der Waals surface area contributed by atoms with Crippen molar-refractivity contribution in [3.8, 4) is 22.8 Å². The molecule has 3 aromatic rings. The third-order valence-corrected chi connectivity index (χ3v) is 4.56. The van der Waals surface area contributed by atoms with Gasteiger partial charge in [0.2, 0.25) is 0 Å². The number of pyridine rings is 1. The summed E-state index contributed by atoms with van der Waals surface area (Å²) >= 11 is 0. The van der Waals surface area contributed by atoms with Gasteiger partial charge in [-0.2, -0.15) is 5.10 Å². The molecule has 0 spiro atoms. The number of aromatic nitrogens is 3. The number of ether oxygens (including phenoxy) is 2. The molecule has 1 aromatic carbocycles. The summed E-state index contributed by atoms with van der Waals surface area (Å²) in [6.07, 6.45) is 3.48. The Labute approximate surface area is 156 Å². The summed E-state index contributed by atoms with van der Waals surface area (Å²) in [6, 6.07) is 9.39. The maximum atomic E-state index is 12.7. The van der Waals surface area contributed by atoms with Gasteiger partial charge in [0.05, 0.1) is 27.4 Å². The number of carbonyl (C=O) groups is 1. The maximum Gasteiger partial charge on any atom is 0.260 e. The van der Waals surface area contributed by atoms with Gasteiger partial charge in [-0.1, -0.05) is 6.07 Å². The Morgan fingerprint density at radius 1 is 1.15 bits per heavy atom. The Kier molecular flexibility index (Phi) is 4.25. The number of amides is 1. The molecule has 0 unspecified atom stereocenters. The lowest BCUT2D eigenvalue weighted by molar-refractivity contribution is 0.0996. The van der Waals surface area contributed by atoms with Crippen molar-refractivity contribution in [2.24, 2.45) is 5.73 Å². The molecule has 1 aliphatic heterocycles. The molecule has 1 aliphatic rings. The Morgan fingerprint density at radius 3 is 2.70 bits per heavy atom. The van der Waals surface area contributed by atoms with Crippen LogP contribution in [0.15, 0.2) is 42.7 Å². The highest BCUT2D eigenvalue weighted by Gasteiger charge is 2.30. The van der Waals surface area contributed by atoms with Crippen LogP contribution in [0.2, 0.25) is 0 Å². The van der Waals surface area contributed by atoms with E-state index in [1.54, 1.807) is 42.3 Å². The van der Waals surface area contributed by atoms with Crippen molar-refractivity contribution in [1.29, 1.82) is 0 Å². The van der Waals surface area contributed by atoms with Crippen LogP contribution >= 0.6 is 0 Å². The first-order valence-electron chi connectivity index (χ1n) is 8.41. The maximum absolute atomic E-state index is 12.7. The molecule has 8 heteroatoms. The Balaban J connectivity index is 1.66. The highest BCUT2D eigenvalue weighted by atomic mass is 16.5. The van der Waals surface area contributed by atoms with Crippen LogP contribution in [0.25, 0.3) is 11.1 Å². The fourth-order valence-corrected chi connectivity index (χ4v) is 3.17. The van der Waals surface area contributed by atoms with Crippen molar-refractivity contribution < 1.29 is 14.3 Å². The average Bonchev–Trinajstić information content (AvgIpc) is 3.31. The number of hydrogen-bond acceptors (Lipinski definition) is 6. The smallest absolute Gasteiger partial charge is 0.260 e. The Bertz CT molecular complexity index is 1010. The van der Waals surface area contributed by atoms with Crippen LogP contribution in [0.5, 0.6) is 11.6 Å². The highest BCUT2D eigenvalue weighted by Crippen LogP contribution is 2.33. The van der Waals surface area contributed by atoms with Crippen LogP contribution in [-0.4, -0.2) is 34.9 Å². The summed E-state index contributed by atoms with van der Waals surface area (Å²) in [5, 5.41) is 4.32. The molecular weight excluding hydrogens is 346 g/mol. The first-order valence-corrected chi connectivity index (χ1v) is 8.41. The van der Waals surface area contributed by atoms with Gasteiger partial charge in [0, 0.05) is 29.6 Å². The van der Waals surface area contributed by atoms with E-state index >= 15 is 0 Å². The summed E-state index contributed by atoms with van der Waals surface area (Å²) < 4.78 is 12.1. The molecule has 0 fully saturated rings. The van der Waals surface area contributed by atoms with Crippen molar-refractivity contribution in [1.82, 2.24) is 14.8 Å². The van der Waals surface area contributed by atoms with E-state index in [-0.39, 0.29) is 12.6 Å². The molecular formula is C19H19N5O3. The summed E-state index contributed by atoms with van der Waals surface area (Å²) in [7, 11) is 3.12. The summed E-state index contributed by atoms with van der Waals surface area (Å²) in [5.41, 5.74) is 9.03. The molecule has 8 nitrogen and oxygen atoms in total. The lowest BCUT2D eigenvalue weighted by Gasteiger charge is -2.11. The number of nitrogens with two attached hydrogens (primary N) is 1. The van der Waals surface area contributed by atoms with Crippen molar-refractivity contribution in [2.75, 3.05) is 19.1 Å². The minimum absolute atomic E-state index is 0.0655. The van der Waals surface area contributed by atoms with Crippen molar-refractivity contribution in [2.45, 2.75) is 13.2 Å². The molecule has 3 heterocycles. The molecule has 1 amide bonds. The fourth-order valence-electron chi connectivity index (χ4n) is 3.17. The van der Waals surface area contributed by atoms with Crippen LogP contribution in [0.1, 0.15) is 15.9 Å². The lowest BCUT2D eigenvalue weighted by Crippen LogP contribution is -2.23. The van der Waals surface area contributed by atoms with E-state index in [2.05, 4.69) is 10.1 Å². The van der Waals surface area contributed by atoms with Crippen molar-refractivity contribution >= 4 is 11.7 Å². The van der Waals surface area contributed by atoms with E-state index in [0.717, 1.165) is 16.7 Å². The third kappa shape index (κ3) is 2.89. The molecule has 0 saturated heterocycles. The zero-order valence-corrected chi connectivity index (χ0v) is 15.0. The molecule has 27 heavy (non-hydrogen) atoms. The van der Waals surface area contributed by atoms with Crippen molar-refractivity contribution in [3.05, 3.63) is 53.9 Å². The monoisotopic (exact) mass is 365 g/mol. The molecule has 2 N–H and O–H groups in total. The number of hydrogen-bond donors (Lipinski definition) is 1. The second-order valence-electron chi connectivity index (χ2n) is 6.09. The molecule has 2 aromatic heterocycles. The van der Waals surface area contributed by atoms with E-state index in [1.807, 2.05) is 24.3 Å². The van der Waals surface area contributed by atoms with E-state index in [4.69, 9.17) is 15.2 Å².